The van der Waals surface area contributed by atoms with E-state index < -0.39 is 0 Å². The highest BCUT2D eigenvalue weighted by molar-refractivity contribution is 7.17. The van der Waals surface area contributed by atoms with Gasteiger partial charge in [-0.25, -0.2) is 9.97 Å². The molecular weight excluding hydrogens is 350 g/mol. The SMILES string of the molecule is COC[C@@H](C)Nc1nc(C)nc2scc(-c3ccc(OC)c(OC)c3)c12. The van der Waals surface area contributed by atoms with Crippen molar-refractivity contribution >= 4 is 27.4 Å². The molecule has 0 saturated heterocycles. The number of aryl methyl sites for hydroxylation is 1. The smallest absolute Gasteiger partial charge is 0.161 e. The molecular formula is C19H23N3O3S. The molecule has 6 nitrogen and oxygen atoms in total. The van der Waals surface area contributed by atoms with Crippen molar-refractivity contribution < 1.29 is 14.2 Å². The van der Waals surface area contributed by atoms with Gasteiger partial charge in [-0.3, -0.25) is 0 Å². The number of anilines is 1. The quantitative estimate of drug-likeness (QED) is 0.672. The number of fused-ring (bicyclic) bond motifs is 1. The van der Waals surface area contributed by atoms with E-state index in [-0.39, 0.29) is 6.04 Å². The number of rotatable bonds is 7. The van der Waals surface area contributed by atoms with Gasteiger partial charge in [0.25, 0.3) is 0 Å². The second-order valence-corrected chi connectivity index (χ2v) is 6.88. The number of methoxy groups -OCH3 is 3. The fraction of sp³-hybridized carbons (Fsp3) is 0.368. The number of nitrogens with one attached hydrogen (secondary N) is 1. The zero-order valence-corrected chi connectivity index (χ0v) is 16.4. The van der Waals surface area contributed by atoms with Crippen LogP contribution in [0, 0.1) is 6.92 Å². The van der Waals surface area contributed by atoms with Crippen molar-refractivity contribution in [3.8, 4) is 22.6 Å². The van der Waals surface area contributed by atoms with Crippen LogP contribution < -0.4 is 14.8 Å². The fourth-order valence-electron chi connectivity index (χ4n) is 2.89. The van der Waals surface area contributed by atoms with Crippen LogP contribution in [0.1, 0.15) is 12.7 Å². The maximum atomic E-state index is 5.45. The number of hydrogen-bond donors (Lipinski definition) is 1. The first-order chi connectivity index (χ1) is 12.6. The van der Waals surface area contributed by atoms with E-state index in [2.05, 4.69) is 27.6 Å². The summed E-state index contributed by atoms with van der Waals surface area (Å²) >= 11 is 1.61. The number of nitrogens with zero attached hydrogens (tertiary/aromatic N) is 2. The van der Waals surface area contributed by atoms with E-state index in [1.807, 2.05) is 25.1 Å². The maximum Gasteiger partial charge on any atom is 0.161 e. The molecule has 0 unspecified atom stereocenters. The first-order valence-corrected chi connectivity index (χ1v) is 9.19. The largest absolute Gasteiger partial charge is 0.493 e. The Kier molecular flexibility index (Phi) is 5.58. The Morgan fingerprint density at radius 3 is 2.58 bits per heavy atom. The first kappa shape index (κ1) is 18.4. The van der Waals surface area contributed by atoms with Gasteiger partial charge in [-0.15, -0.1) is 11.3 Å². The summed E-state index contributed by atoms with van der Waals surface area (Å²) in [6.07, 6.45) is 0. The summed E-state index contributed by atoms with van der Waals surface area (Å²) < 4.78 is 16.0. The molecule has 2 aromatic heterocycles. The number of aromatic nitrogens is 2. The van der Waals surface area contributed by atoms with E-state index >= 15 is 0 Å². The van der Waals surface area contributed by atoms with Crippen LogP contribution in [0.15, 0.2) is 23.6 Å². The third kappa shape index (κ3) is 3.59. The standard InChI is InChI=1S/C19H23N3O3S/c1-11(9-23-3)20-18-17-14(10-26-19(17)22-12(2)21-18)13-6-7-15(24-4)16(8-13)25-5/h6-8,10-11H,9H2,1-5H3,(H,20,21,22)/t11-/m1/s1. The van der Waals surface area contributed by atoms with Crippen LogP contribution in [0.2, 0.25) is 0 Å². The predicted octanol–water partition coefficient (Wildman–Crippen LogP) is 4.13. The van der Waals surface area contributed by atoms with Gasteiger partial charge in [-0.05, 0) is 31.5 Å². The Labute approximate surface area is 157 Å². The van der Waals surface area contributed by atoms with Crippen LogP contribution in [0.5, 0.6) is 11.5 Å². The molecule has 0 spiro atoms. The molecule has 0 amide bonds. The summed E-state index contributed by atoms with van der Waals surface area (Å²) in [6.45, 7) is 4.57. The van der Waals surface area contributed by atoms with Crippen molar-refractivity contribution in [3.05, 3.63) is 29.4 Å². The second-order valence-electron chi connectivity index (χ2n) is 6.02. The summed E-state index contributed by atoms with van der Waals surface area (Å²) in [5.41, 5.74) is 2.10. The number of hydrogen-bond acceptors (Lipinski definition) is 7. The molecule has 0 aliphatic heterocycles. The van der Waals surface area contributed by atoms with Crippen molar-refractivity contribution in [1.82, 2.24) is 9.97 Å². The Balaban J connectivity index is 2.12. The maximum absolute atomic E-state index is 5.45. The molecule has 0 aliphatic rings. The molecule has 26 heavy (non-hydrogen) atoms. The normalized spacial score (nSPS) is 12.2. The Hall–Kier alpha value is -2.38. The lowest BCUT2D eigenvalue weighted by Gasteiger charge is -2.15. The lowest BCUT2D eigenvalue weighted by Crippen LogP contribution is -2.21. The van der Waals surface area contributed by atoms with Crippen molar-refractivity contribution in [1.29, 1.82) is 0 Å². The molecule has 0 saturated carbocycles. The Morgan fingerprint density at radius 2 is 1.88 bits per heavy atom. The third-order valence-electron chi connectivity index (χ3n) is 4.04. The van der Waals surface area contributed by atoms with Gasteiger partial charge in [0.2, 0.25) is 0 Å². The molecule has 0 radical (unpaired) electrons. The highest BCUT2D eigenvalue weighted by Crippen LogP contribution is 2.40. The molecule has 2 heterocycles. The molecule has 0 aliphatic carbocycles. The monoisotopic (exact) mass is 373 g/mol. The van der Waals surface area contributed by atoms with Crippen molar-refractivity contribution in [2.45, 2.75) is 19.9 Å². The van der Waals surface area contributed by atoms with E-state index in [9.17, 15) is 0 Å². The van der Waals surface area contributed by atoms with Crippen molar-refractivity contribution in [2.75, 3.05) is 33.3 Å². The molecule has 3 aromatic rings. The minimum atomic E-state index is 0.135. The number of thiophene rings is 1. The molecule has 7 heteroatoms. The van der Waals surface area contributed by atoms with Gasteiger partial charge >= 0.3 is 0 Å². The zero-order chi connectivity index (χ0) is 18.7. The minimum Gasteiger partial charge on any atom is -0.493 e. The molecule has 3 rings (SSSR count). The van der Waals surface area contributed by atoms with Gasteiger partial charge in [-0.1, -0.05) is 6.07 Å². The summed E-state index contributed by atoms with van der Waals surface area (Å²) in [7, 11) is 4.96. The van der Waals surface area contributed by atoms with Crippen LogP contribution in [-0.4, -0.2) is 43.9 Å². The van der Waals surface area contributed by atoms with Crippen LogP contribution in [0.25, 0.3) is 21.3 Å². The van der Waals surface area contributed by atoms with Gasteiger partial charge < -0.3 is 19.5 Å². The van der Waals surface area contributed by atoms with E-state index in [0.717, 1.165) is 33.0 Å². The van der Waals surface area contributed by atoms with Crippen LogP contribution in [0.3, 0.4) is 0 Å². The van der Waals surface area contributed by atoms with Crippen LogP contribution in [0.4, 0.5) is 5.82 Å². The van der Waals surface area contributed by atoms with E-state index in [1.165, 1.54) is 0 Å². The third-order valence-corrected chi connectivity index (χ3v) is 4.91. The average Bonchev–Trinajstić information content (AvgIpc) is 3.05. The van der Waals surface area contributed by atoms with Crippen molar-refractivity contribution in [3.63, 3.8) is 0 Å². The fourth-order valence-corrected chi connectivity index (χ4v) is 3.89. The molecule has 1 atom stereocenters. The highest BCUT2D eigenvalue weighted by atomic mass is 32.1. The highest BCUT2D eigenvalue weighted by Gasteiger charge is 2.17. The Morgan fingerprint density at radius 1 is 1.12 bits per heavy atom. The van der Waals surface area contributed by atoms with Crippen molar-refractivity contribution in [2.24, 2.45) is 0 Å². The second kappa shape index (κ2) is 7.88. The number of benzene rings is 1. The topological polar surface area (TPSA) is 65.5 Å². The first-order valence-electron chi connectivity index (χ1n) is 8.31. The molecule has 0 bridgehead atoms. The van der Waals surface area contributed by atoms with Gasteiger partial charge in [0.15, 0.2) is 11.5 Å². The van der Waals surface area contributed by atoms with Gasteiger partial charge in [-0.2, -0.15) is 0 Å². The summed E-state index contributed by atoms with van der Waals surface area (Å²) in [5, 5.41) is 6.56. The molecule has 0 fully saturated rings. The zero-order valence-electron chi connectivity index (χ0n) is 15.6. The molecule has 1 aromatic carbocycles. The van der Waals surface area contributed by atoms with E-state index in [0.29, 0.717) is 18.1 Å². The summed E-state index contributed by atoms with van der Waals surface area (Å²) in [5.74, 6) is 2.96. The lowest BCUT2D eigenvalue weighted by molar-refractivity contribution is 0.190. The van der Waals surface area contributed by atoms with Gasteiger partial charge in [0.05, 0.1) is 26.2 Å². The minimum absolute atomic E-state index is 0.135. The van der Waals surface area contributed by atoms with E-state index in [1.54, 1.807) is 32.7 Å². The van der Waals surface area contributed by atoms with Gasteiger partial charge in [0.1, 0.15) is 16.5 Å². The van der Waals surface area contributed by atoms with Gasteiger partial charge in [0, 0.05) is 24.1 Å². The number of ether oxygens (including phenoxy) is 3. The predicted molar refractivity (Wildman–Crippen MR) is 106 cm³/mol. The Bertz CT molecular complexity index is 910. The average molecular weight is 373 g/mol. The van der Waals surface area contributed by atoms with Crippen LogP contribution >= 0.6 is 11.3 Å². The van der Waals surface area contributed by atoms with Crippen LogP contribution in [-0.2, 0) is 4.74 Å². The summed E-state index contributed by atoms with van der Waals surface area (Å²) in [6, 6.07) is 6.04. The van der Waals surface area contributed by atoms with E-state index in [4.69, 9.17) is 14.2 Å². The summed E-state index contributed by atoms with van der Waals surface area (Å²) in [4.78, 5) is 10.2. The molecule has 138 valence electrons. The lowest BCUT2D eigenvalue weighted by atomic mass is 10.1. The molecule has 1 N–H and O–H groups in total.